The Morgan fingerprint density at radius 2 is 1.85 bits per heavy atom. The zero-order chi connectivity index (χ0) is 24.3. The van der Waals surface area contributed by atoms with Gasteiger partial charge in [0.2, 0.25) is 5.91 Å². The molecule has 3 N–H and O–H groups in total. The summed E-state index contributed by atoms with van der Waals surface area (Å²) in [7, 11) is 0. The molecule has 3 rings (SSSR count). The van der Waals surface area contributed by atoms with Crippen molar-refractivity contribution in [2.75, 3.05) is 11.4 Å². The van der Waals surface area contributed by atoms with E-state index in [4.69, 9.17) is 14.9 Å². The van der Waals surface area contributed by atoms with Gasteiger partial charge in [-0.15, -0.1) is 0 Å². The van der Waals surface area contributed by atoms with Gasteiger partial charge < -0.3 is 20.0 Å². The van der Waals surface area contributed by atoms with Crippen LogP contribution in [-0.2, 0) is 9.53 Å². The van der Waals surface area contributed by atoms with E-state index in [9.17, 15) is 19.5 Å². The molecule has 2 amide bonds. The van der Waals surface area contributed by atoms with Gasteiger partial charge in [0, 0.05) is 5.92 Å². The molecule has 0 saturated carbocycles. The number of amides is 2. The molecule has 0 spiro atoms. The second-order valence-electron chi connectivity index (χ2n) is 8.62. The average molecular weight is 453 g/mol. The molecule has 1 atom stereocenters. The lowest BCUT2D eigenvalue weighted by Gasteiger charge is -2.26. The van der Waals surface area contributed by atoms with Crippen molar-refractivity contribution in [1.29, 1.82) is 0 Å². The number of para-hydroxylation sites is 1. The van der Waals surface area contributed by atoms with Crippen LogP contribution in [0.3, 0.4) is 0 Å². The number of rotatable bonds is 5. The van der Waals surface area contributed by atoms with E-state index in [1.54, 1.807) is 69.3 Å². The summed E-state index contributed by atoms with van der Waals surface area (Å²) >= 11 is 0. The summed E-state index contributed by atoms with van der Waals surface area (Å²) in [5.41, 5.74) is 5.34. The Labute approximate surface area is 191 Å². The van der Waals surface area contributed by atoms with E-state index in [-0.39, 0.29) is 22.6 Å². The molecule has 174 valence electrons. The highest BCUT2D eigenvalue weighted by Gasteiger charge is 2.29. The number of ether oxygens (including phenoxy) is 1. The molecular formula is C25H28N2O6. The van der Waals surface area contributed by atoms with Gasteiger partial charge in [-0.3, -0.25) is 4.79 Å². The fourth-order valence-electron chi connectivity index (χ4n) is 3.69. The van der Waals surface area contributed by atoms with Gasteiger partial charge in [0.15, 0.2) is 0 Å². The number of hydrogen-bond donors (Lipinski definition) is 2. The molecule has 3 aromatic rings. The van der Waals surface area contributed by atoms with Crippen molar-refractivity contribution in [3.05, 3.63) is 70.1 Å². The number of carbonyl (C=O) groups is 2. The monoisotopic (exact) mass is 452 g/mol. The third-order valence-corrected chi connectivity index (χ3v) is 5.11. The Balaban J connectivity index is 2.11. The number of nitrogens with two attached hydrogens (primary N) is 1. The van der Waals surface area contributed by atoms with E-state index in [2.05, 4.69) is 0 Å². The summed E-state index contributed by atoms with van der Waals surface area (Å²) in [6.45, 7) is 6.56. The quantitative estimate of drug-likeness (QED) is 0.554. The molecule has 8 heteroatoms. The zero-order valence-electron chi connectivity index (χ0n) is 19.1. The minimum Gasteiger partial charge on any atom is -0.507 e. The lowest BCUT2D eigenvalue weighted by atomic mass is 9.88. The SMILES string of the molecule is CCC(c1cccc(N(C(=O)CN)C(=O)OC(C)(C)C)c1)c1c(O)c2ccccc2oc1=O. The van der Waals surface area contributed by atoms with Crippen LogP contribution in [0.5, 0.6) is 5.75 Å². The standard InChI is InChI=1S/C25H28N2O6/c1-5-17(21-22(29)18-11-6-7-12-19(18)32-23(21)30)15-9-8-10-16(13-15)27(20(28)14-26)24(31)33-25(2,3)4/h6-13,17,29H,5,14,26H2,1-4H3. The first-order valence-electron chi connectivity index (χ1n) is 10.7. The minimum atomic E-state index is -0.851. The van der Waals surface area contributed by atoms with Crippen molar-refractivity contribution in [2.24, 2.45) is 5.73 Å². The molecule has 0 radical (unpaired) electrons. The molecule has 1 unspecified atom stereocenters. The molecular weight excluding hydrogens is 424 g/mol. The lowest BCUT2D eigenvalue weighted by Crippen LogP contribution is -2.44. The van der Waals surface area contributed by atoms with E-state index in [1.165, 1.54) is 0 Å². The molecule has 1 heterocycles. The van der Waals surface area contributed by atoms with Gasteiger partial charge in [0.25, 0.3) is 0 Å². The predicted molar refractivity (Wildman–Crippen MR) is 125 cm³/mol. The van der Waals surface area contributed by atoms with E-state index < -0.39 is 35.7 Å². The molecule has 0 bridgehead atoms. The van der Waals surface area contributed by atoms with Crippen LogP contribution in [-0.4, -0.2) is 29.3 Å². The Bertz CT molecular complexity index is 1240. The Morgan fingerprint density at radius 1 is 1.15 bits per heavy atom. The number of imide groups is 1. The van der Waals surface area contributed by atoms with E-state index in [0.717, 1.165) is 4.90 Å². The largest absolute Gasteiger partial charge is 0.507 e. The van der Waals surface area contributed by atoms with Crippen LogP contribution in [0, 0.1) is 0 Å². The maximum Gasteiger partial charge on any atom is 0.421 e. The molecule has 8 nitrogen and oxygen atoms in total. The van der Waals surface area contributed by atoms with Crippen molar-refractivity contribution in [3.63, 3.8) is 0 Å². The second kappa shape index (κ2) is 9.46. The van der Waals surface area contributed by atoms with Gasteiger partial charge in [-0.2, -0.15) is 0 Å². The summed E-state index contributed by atoms with van der Waals surface area (Å²) in [6.07, 6.45) is -0.395. The molecule has 0 aliphatic heterocycles. The van der Waals surface area contributed by atoms with Gasteiger partial charge in [-0.05, 0) is 57.0 Å². The van der Waals surface area contributed by atoms with Gasteiger partial charge >= 0.3 is 11.7 Å². The number of benzene rings is 2. The maximum absolute atomic E-state index is 12.8. The Hall–Kier alpha value is -3.65. The highest BCUT2D eigenvalue weighted by Crippen LogP contribution is 2.37. The minimum absolute atomic E-state index is 0.113. The van der Waals surface area contributed by atoms with E-state index in [1.807, 2.05) is 6.92 Å². The first-order chi connectivity index (χ1) is 15.6. The number of fused-ring (bicyclic) bond motifs is 1. The van der Waals surface area contributed by atoms with Crippen molar-refractivity contribution in [1.82, 2.24) is 0 Å². The van der Waals surface area contributed by atoms with Crippen LogP contribution in [0.1, 0.15) is 51.2 Å². The van der Waals surface area contributed by atoms with Crippen LogP contribution in [0.2, 0.25) is 0 Å². The third kappa shape index (κ3) is 5.06. The number of carbonyl (C=O) groups excluding carboxylic acids is 2. The van der Waals surface area contributed by atoms with Gasteiger partial charge in [-0.1, -0.05) is 31.2 Å². The highest BCUT2D eigenvalue weighted by molar-refractivity contribution is 6.13. The summed E-state index contributed by atoms with van der Waals surface area (Å²) in [4.78, 5) is 38.9. The first kappa shape index (κ1) is 24.0. The third-order valence-electron chi connectivity index (χ3n) is 5.11. The van der Waals surface area contributed by atoms with Crippen molar-refractivity contribution < 1.29 is 23.8 Å². The number of aromatic hydroxyl groups is 1. The van der Waals surface area contributed by atoms with Crippen LogP contribution in [0.4, 0.5) is 10.5 Å². The van der Waals surface area contributed by atoms with Crippen molar-refractivity contribution in [3.8, 4) is 5.75 Å². The maximum atomic E-state index is 12.8. The summed E-state index contributed by atoms with van der Waals surface area (Å²) in [6, 6.07) is 13.3. The normalized spacial score (nSPS) is 12.4. The van der Waals surface area contributed by atoms with Crippen molar-refractivity contribution in [2.45, 2.75) is 45.6 Å². The van der Waals surface area contributed by atoms with Crippen LogP contribution >= 0.6 is 0 Å². The Morgan fingerprint density at radius 3 is 2.48 bits per heavy atom. The van der Waals surface area contributed by atoms with Gasteiger partial charge in [0.05, 0.1) is 23.2 Å². The molecule has 2 aromatic carbocycles. The molecule has 0 aliphatic rings. The second-order valence-corrected chi connectivity index (χ2v) is 8.62. The lowest BCUT2D eigenvalue weighted by molar-refractivity contribution is -0.117. The molecule has 0 aliphatic carbocycles. The number of anilines is 1. The fourth-order valence-corrected chi connectivity index (χ4v) is 3.69. The van der Waals surface area contributed by atoms with Gasteiger partial charge in [0.1, 0.15) is 16.9 Å². The van der Waals surface area contributed by atoms with Crippen molar-refractivity contribution >= 4 is 28.7 Å². The summed E-state index contributed by atoms with van der Waals surface area (Å²) < 4.78 is 10.8. The smallest absolute Gasteiger partial charge is 0.421 e. The summed E-state index contributed by atoms with van der Waals surface area (Å²) in [5, 5.41) is 11.3. The van der Waals surface area contributed by atoms with Crippen LogP contribution < -0.4 is 16.3 Å². The highest BCUT2D eigenvalue weighted by atomic mass is 16.6. The Kier molecular flexibility index (Phi) is 6.88. The number of hydrogen-bond acceptors (Lipinski definition) is 7. The average Bonchev–Trinajstić information content (AvgIpc) is 2.75. The fraction of sp³-hybridized carbons (Fsp3) is 0.320. The number of nitrogens with zero attached hydrogens (tertiary/aromatic N) is 1. The predicted octanol–water partition coefficient (Wildman–Crippen LogP) is 4.27. The molecule has 1 aromatic heterocycles. The topological polar surface area (TPSA) is 123 Å². The molecule has 33 heavy (non-hydrogen) atoms. The van der Waals surface area contributed by atoms with Crippen LogP contribution in [0.15, 0.2) is 57.7 Å². The van der Waals surface area contributed by atoms with E-state index in [0.29, 0.717) is 17.4 Å². The first-order valence-corrected chi connectivity index (χ1v) is 10.7. The molecule has 0 saturated heterocycles. The summed E-state index contributed by atoms with van der Waals surface area (Å²) in [5.74, 6) is -1.33. The van der Waals surface area contributed by atoms with E-state index >= 15 is 0 Å². The van der Waals surface area contributed by atoms with Gasteiger partial charge in [-0.25, -0.2) is 14.5 Å². The zero-order valence-corrected chi connectivity index (χ0v) is 19.1. The van der Waals surface area contributed by atoms with Crippen LogP contribution in [0.25, 0.3) is 11.0 Å². The molecule has 0 fully saturated rings.